The van der Waals surface area contributed by atoms with Crippen molar-refractivity contribution in [3.8, 4) is 46.0 Å². The van der Waals surface area contributed by atoms with E-state index in [0.29, 0.717) is 0 Å². The number of fused-ring (bicyclic) bond motifs is 1. The minimum absolute atomic E-state index is 0.00397. The average Bonchev–Trinajstić information content (AvgIpc) is 3.49. The molecule has 16 heteroatoms. The first-order valence-corrected chi connectivity index (χ1v) is 15.2. The number of benzene rings is 4. The van der Waals surface area contributed by atoms with Crippen molar-refractivity contribution in [3.63, 3.8) is 0 Å². The smallest absolute Gasteiger partial charge is 0.345 e. The SMILES string of the molecule is O=C(C=Cc1ccc(O)c2c1C(C(=O)OC(Cc1ccc(O)c(O)c1)C(=O)O)C(c1cc(O)cc(O)c1)O2)OC(Cc1ccc(O)c(O)c1)C(=O)O. The van der Waals surface area contributed by atoms with Gasteiger partial charge in [0, 0.05) is 36.1 Å². The molecule has 52 heavy (non-hydrogen) atoms. The number of carboxylic acids is 2. The van der Waals surface area contributed by atoms with E-state index in [1.54, 1.807) is 0 Å². The summed E-state index contributed by atoms with van der Waals surface area (Å²) in [6.07, 6.45) is -3.93. The summed E-state index contributed by atoms with van der Waals surface area (Å²) in [5.41, 5.74) is 0.325. The summed E-state index contributed by atoms with van der Waals surface area (Å²) in [7, 11) is 0. The first-order chi connectivity index (χ1) is 24.6. The Bertz CT molecular complexity index is 2070. The highest BCUT2D eigenvalue weighted by Gasteiger charge is 2.46. The van der Waals surface area contributed by atoms with Crippen LogP contribution in [-0.4, -0.2) is 82.0 Å². The molecule has 5 rings (SSSR count). The maximum Gasteiger partial charge on any atom is 0.345 e. The number of carbonyl (C=O) groups is 4. The largest absolute Gasteiger partial charge is 0.508 e. The van der Waals surface area contributed by atoms with E-state index in [2.05, 4.69) is 0 Å². The molecule has 0 aromatic heterocycles. The molecule has 1 heterocycles. The lowest BCUT2D eigenvalue weighted by molar-refractivity contribution is -0.166. The first kappa shape index (κ1) is 36.2. The third kappa shape index (κ3) is 8.02. The number of esters is 2. The number of phenolic OH excluding ortho intramolecular Hbond substituents is 7. The molecule has 4 aromatic carbocycles. The number of hydrogen-bond acceptors (Lipinski definition) is 14. The van der Waals surface area contributed by atoms with E-state index in [4.69, 9.17) is 14.2 Å². The van der Waals surface area contributed by atoms with Gasteiger partial charge in [-0.2, -0.15) is 0 Å². The van der Waals surface area contributed by atoms with Gasteiger partial charge in [-0.25, -0.2) is 14.4 Å². The van der Waals surface area contributed by atoms with E-state index in [1.807, 2.05) is 0 Å². The molecule has 1 aliphatic heterocycles. The van der Waals surface area contributed by atoms with Crippen molar-refractivity contribution >= 4 is 30.0 Å². The van der Waals surface area contributed by atoms with Crippen LogP contribution in [0.1, 0.15) is 39.8 Å². The van der Waals surface area contributed by atoms with Crippen molar-refractivity contribution in [3.05, 3.63) is 101 Å². The second-order valence-electron chi connectivity index (χ2n) is 11.6. The van der Waals surface area contributed by atoms with Crippen molar-refractivity contribution in [1.29, 1.82) is 0 Å². The van der Waals surface area contributed by atoms with E-state index >= 15 is 0 Å². The predicted octanol–water partition coefficient (Wildman–Crippen LogP) is 3.33. The highest BCUT2D eigenvalue weighted by Crippen LogP contribution is 2.53. The van der Waals surface area contributed by atoms with Gasteiger partial charge < -0.3 is 60.2 Å². The second-order valence-corrected chi connectivity index (χ2v) is 11.6. The normalized spacial score (nSPS) is 16.0. The molecule has 0 saturated heterocycles. The fourth-order valence-corrected chi connectivity index (χ4v) is 5.55. The lowest BCUT2D eigenvalue weighted by atomic mass is 9.87. The zero-order valence-electron chi connectivity index (χ0n) is 26.6. The number of aliphatic carboxylic acids is 2. The Morgan fingerprint density at radius 2 is 1.17 bits per heavy atom. The number of carboxylic acid groups (broad SMARTS) is 2. The Morgan fingerprint density at radius 3 is 1.69 bits per heavy atom. The van der Waals surface area contributed by atoms with Crippen LogP contribution in [0.25, 0.3) is 6.08 Å². The van der Waals surface area contributed by atoms with Crippen LogP contribution in [0, 0.1) is 0 Å². The van der Waals surface area contributed by atoms with Crippen LogP contribution in [0.5, 0.6) is 46.0 Å². The molecular weight excluding hydrogens is 688 g/mol. The summed E-state index contributed by atoms with van der Waals surface area (Å²) in [4.78, 5) is 50.9. The van der Waals surface area contributed by atoms with Crippen LogP contribution in [0.15, 0.2) is 72.8 Å². The van der Waals surface area contributed by atoms with Crippen molar-refractivity contribution < 1.29 is 79.3 Å². The molecule has 4 atom stereocenters. The minimum atomic E-state index is -1.85. The van der Waals surface area contributed by atoms with Gasteiger partial charge in [-0.15, -0.1) is 0 Å². The molecule has 4 aromatic rings. The quantitative estimate of drug-likeness (QED) is 0.0577. The van der Waals surface area contributed by atoms with Gasteiger partial charge in [0.2, 0.25) is 12.2 Å². The summed E-state index contributed by atoms with van der Waals surface area (Å²) in [5, 5.41) is 89.4. The summed E-state index contributed by atoms with van der Waals surface area (Å²) < 4.78 is 16.5. The van der Waals surface area contributed by atoms with Gasteiger partial charge in [0.1, 0.15) is 23.5 Å². The van der Waals surface area contributed by atoms with Crippen LogP contribution in [0.4, 0.5) is 0 Å². The van der Waals surface area contributed by atoms with E-state index in [0.717, 1.165) is 60.7 Å². The number of rotatable bonds is 12. The highest BCUT2D eigenvalue weighted by atomic mass is 16.6. The molecule has 270 valence electrons. The van der Waals surface area contributed by atoms with Crippen LogP contribution in [0.2, 0.25) is 0 Å². The van der Waals surface area contributed by atoms with Gasteiger partial charge in [-0.3, -0.25) is 4.79 Å². The van der Waals surface area contributed by atoms with E-state index in [9.17, 15) is 65.1 Å². The zero-order valence-corrected chi connectivity index (χ0v) is 26.6. The molecule has 0 amide bonds. The Kier molecular flexibility index (Phi) is 10.3. The fraction of sp³-hybridized carbons (Fsp3) is 0.167. The molecule has 1 aliphatic rings. The summed E-state index contributed by atoms with van der Waals surface area (Å²) in [6.45, 7) is 0. The number of carbonyl (C=O) groups excluding carboxylic acids is 2. The number of ether oxygens (including phenoxy) is 3. The number of aromatic hydroxyl groups is 7. The van der Waals surface area contributed by atoms with Gasteiger partial charge in [-0.05, 0) is 65.2 Å². The fourth-order valence-electron chi connectivity index (χ4n) is 5.55. The third-order valence-electron chi connectivity index (χ3n) is 7.96. The molecule has 9 N–H and O–H groups in total. The van der Waals surface area contributed by atoms with Crippen molar-refractivity contribution in [2.24, 2.45) is 0 Å². The molecule has 0 fully saturated rings. The lowest BCUT2D eigenvalue weighted by Crippen LogP contribution is -2.33. The van der Waals surface area contributed by atoms with Crippen LogP contribution < -0.4 is 4.74 Å². The average molecular weight is 719 g/mol. The monoisotopic (exact) mass is 718 g/mol. The molecule has 0 spiro atoms. The van der Waals surface area contributed by atoms with Gasteiger partial charge in [0.05, 0.1) is 0 Å². The maximum absolute atomic E-state index is 14.0. The molecule has 0 aliphatic carbocycles. The Hall–Kier alpha value is -7.10. The Morgan fingerprint density at radius 1 is 0.654 bits per heavy atom. The van der Waals surface area contributed by atoms with Gasteiger partial charge in [-0.1, -0.05) is 18.2 Å². The Labute approximate surface area is 292 Å². The number of phenols is 7. The lowest BCUT2D eigenvalue weighted by Gasteiger charge is -2.22. The molecule has 4 unspecified atom stereocenters. The van der Waals surface area contributed by atoms with Crippen LogP contribution in [0.3, 0.4) is 0 Å². The molecule has 0 bridgehead atoms. The van der Waals surface area contributed by atoms with E-state index < -0.39 is 94.8 Å². The highest BCUT2D eigenvalue weighted by molar-refractivity contribution is 5.92. The molecule has 16 nitrogen and oxygen atoms in total. The van der Waals surface area contributed by atoms with Crippen molar-refractivity contribution in [1.82, 2.24) is 0 Å². The summed E-state index contributed by atoms with van der Waals surface area (Å²) in [5.74, 6) is -10.7. The third-order valence-corrected chi connectivity index (χ3v) is 7.96. The maximum atomic E-state index is 14.0. The second kappa shape index (κ2) is 14.8. The van der Waals surface area contributed by atoms with Gasteiger partial charge >= 0.3 is 23.9 Å². The predicted molar refractivity (Wildman–Crippen MR) is 175 cm³/mol. The standard InChI is InChI=1S/C36H30O16/c37-20-13-19(14-21(38)15-20)32-31(36(49)51-28(35(47)48)12-17-2-6-23(40)26(43)10-17)30-18(3-7-24(41)33(30)52-32)4-8-29(44)50-27(34(45)46)11-16-1-5-22(39)25(42)9-16/h1-10,13-15,27-28,31-32,37-43H,11-12H2,(H,45,46)(H,47,48). The van der Waals surface area contributed by atoms with Gasteiger partial charge in [0.25, 0.3) is 0 Å². The van der Waals surface area contributed by atoms with Crippen molar-refractivity contribution in [2.75, 3.05) is 0 Å². The Balaban J connectivity index is 1.48. The molecule has 0 radical (unpaired) electrons. The number of hydrogen-bond donors (Lipinski definition) is 9. The van der Waals surface area contributed by atoms with Gasteiger partial charge in [0.15, 0.2) is 34.5 Å². The molecule has 0 saturated carbocycles. The van der Waals surface area contributed by atoms with Crippen LogP contribution in [-0.2, 0) is 41.5 Å². The first-order valence-electron chi connectivity index (χ1n) is 15.2. The van der Waals surface area contributed by atoms with E-state index in [1.165, 1.54) is 18.2 Å². The zero-order chi connectivity index (χ0) is 37.9. The summed E-state index contributed by atoms with van der Waals surface area (Å²) >= 11 is 0. The molecular formula is C36H30O16. The van der Waals surface area contributed by atoms with Crippen molar-refractivity contribution in [2.45, 2.75) is 37.1 Å². The topological polar surface area (TPSA) is 278 Å². The minimum Gasteiger partial charge on any atom is -0.508 e. The summed E-state index contributed by atoms with van der Waals surface area (Å²) in [6, 6.07) is 12.8. The van der Waals surface area contributed by atoms with E-state index in [-0.39, 0.29) is 40.0 Å². The van der Waals surface area contributed by atoms with Crippen LogP contribution >= 0.6 is 0 Å².